The van der Waals surface area contributed by atoms with Crippen molar-refractivity contribution in [3.8, 4) is 0 Å². The van der Waals surface area contributed by atoms with Crippen molar-refractivity contribution < 1.29 is 9.59 Å². The Hall–Kier alpha value is -1.98. The SMILES string of the molecule is CCCNC(=O)C(CC)N(Cc1ccc(Cl)cc1)C(=O)CSCc1cccc(C)c1. The van der Waals surface area contributed by atoms with E-state index in [4.69, 9.17) is 11.6 Å². The number of carbonyl (C=O) groups is 2. The number of benzene rings is 2. The van der Waals surface area contributed by atoms with Crippen LogP contribution in [0.15, 0.2) is 48.5 Å². The normalized spacial score (nSPS) is 11.7. The van der Waals surface area contributed by atoms with E-state index in [9.17, 15) is 9.59 Å². The fourth-order valence-electron chi connectivity index (χ4n) is 3.21. The van der Waals surface area contributed by atoms with E-state index in [2.05, 4.69) is 30.4 Å². The lowest BCUT2D eigenvalue weighted by Gasteiger charge is -2.30. The Morgan fingerprint density at radius 3 is 2.47 bits per heavy atom. The van der Waals surface area contributed by atoms with Crippen molar-refractivity contribution in [1.82, 2.24) is 10.2 Å². The molecule has 30 heavy (non-hydrogen) atoms. The molecule has 0 aliphatic carbocycles. The molecule has 0 fully saturated rings. The summed E-state index contributed by atoms with van der Waals surface area (Å²) in [6.45, 7) is 7.02. The highest BCUT2D eigenvalue weighted by molar-refractivity contribution is 7.99. The summed E-state index contributed by atoms with van der Waals surface area (Å²) >= 11 is 7.58. The Morgan fingerprint density at radius 1 is 1.10 bits per heavy atom. The van der Waals surface area contributed by atoms with Crippen molar-refractivity contribution in [2.75, 3.05) is 12.3 Å². The Morgan fingerprint density at radius 2 is 1.83 bits per heavy atom. The molecule has 2 amide bonds. The van der Waals surface area contributed by atoms with Gasteiger partial charge in [0.05, 0.1) is 5.75 Å². The Kier molecular flexibility index (Phi) is 10.2. The molecule has 0 radical (unpaired) electrons. The van der Waals surface area contributed by atoms with E-state index in [-0.39, 0.29) is 11.8 Å². The molecule has 162 valence electrons. The van der Waals surface area contributed by atoms with Crippen LogP contribution in [-0.2, 0) is 21.9 Å². The van der Waals surface area contributed by atoms with Gasteiger partial charge in [0.25, 0.3) is 0 Å². The molecular weight excluding hydrogens is 416 g/mol. The Labute approximate surface area is 189 Å². The summed E-state index contributed by atoms with van der Waals surface area (Å²) in [5.41, 5.74) is 3.37. The molecule has 0 aromatic heterocycles. The highest BCUT2D eigenvalue weighted by atomic mass is 35.5. The molecule has 2 rings (SSSR count). The van der Waals surface area contributed by atoms with Crippen LogP contribution >= 0.6 is 23.4 Å². The van der Waals surface area contributed by atoms with Crippen molar-refractivity contribution in [3.63, 3.8) is 0 Å². The number of aryl methyl sites for hydroxylation is 1. The van der Waals surface area contributed by atoms with Crippen LogP contribution in [0, 0.1) is 6.92 Å². The van der Waals surface area contributed by atoms with Crippen LogP contribution in [0.5, 0.6) is 0 Å². The molecule has 0 saturated heterocycles. The molecule has 0 bridgehead atoms. The van der Waals surface area contributed by atoms with Gasteiger partial charge in [-0.05, 0) is 43.0 Å². The monoisotopic (exact) mass is 446 g/mol. The first-order chi connectivity index (χ1) is 14.4. The standard InChI is InChI=1S/C24H31ClN2O2S/c1-4-13-26-24(29)22(5-2)27(15-19-9-11-21(25)12-10-19)23(28)17-30-16-20-8-6-7-18(3)14-20/h6-12,14,22H,4-5,13,15-17H2,1-3H3,(H,26,29). The number of nitrogens with one attached hydrogen (secondary N) is 1. The maximum atomic E-state index is 13.1. The third-order valence-electron chi connectivity index (χ3n) is 4.78. The first-order valence-electron chi connectivity index (χ1n) is 10.4. The van der Waals surface area contributed by atoms with Crippen molar-refractivity contribution in [3.05, 3.63) is 70.2 Å². The lowest BCUT2D eigenvalue weighted by atomic mass is 10.1. The number of amides is 2. The second-order valence-corrected chi connectivity index (χ2v) is 8.77. The van der Waals surface area contributed by atoms with Gasteiger partial charge in [-0.1, -0.05) is 67.4 Å². The maximum absolute atomic E-state index is 13.1. The van der Waals surface area contributed by atoms with E-state index in [0.29, 0.717) is 30.3 Å². The van der Waals surface area contributed by atoms with Gasteiger partial charge in [0, 0.05) is 23.9 Å². The predicted molar refractivity (Wildman–Crippen MR) is 127 cm³/mol. The summed E-state index contributed by atoms with van der Waals surface area (Å²) in [5.74, 6) is 0.978. The van der Waals surface area contributed by atoms with E-state index < -0.39 is 6.04 Å². The van der Waals surface area contributed by atoms with Gasteiger partial charge in [-0.2, -0.15) is 0 Å². The van der Waals surface area contributed by atoms with Gasteiger partial charge in [0.1, 0.15) is 6.04 Å². The predicted octanol–water partition coefficient (Wildman–Crippen LogP) is 5.22. The van der Waals surface area contributed by atoms with E-state index in [1.165, 1.54) is 11.1 Å². The number of hydrogen-bond acceptors (Lipinski definition) is 3. The van der Waals surface area contributed by atoms with Gasteiger partial charge in [0.2, 0.25) is 11.8 Å². The van der Waals surface area contributed by atoms with E-state index >= 15 is 0 Å². The van der Waals surface area contributed by atoms with Crippen LogP contribution < -0.4 is 5.32 Å². The maximum Gasteiger partial charge on any atom is 0.242 e. The third kappa shape index (κ3) is 7.69. The van der Waals surface area contributed by atoms with Crippen molar-refractivity contribution in [1.29, 1.82) is 0 Å². The molecule has 0 saturated carbocycles. The van der Waals surface area contributed by atoms with E-state index in [0.717, 1.165) is 17.7 Å². The molecule has 2 aromatic rings. The van der Waals surface area contributed by atoms with Gasteiger partial charge in [-0.25, -0.2) is 0 Å². The quantitative estimate of drug-likeness (QED) is 0.515. The number of thioether (sulfide) groups is 1. The molecule has 0 aliphatic heterocycles. The zero-order valence-electron chi connectivity index (χ0n) is 18.0. The lowest BCUT2D eigenvalue weighted by molar-refractivity contribution is -0.139. The molecule has 4 nitrogen and oxygen atoms in total. The highest BCUT2D eigenvalue weighted by Crippen LogP contribution is 2.19. The summed E-state index contributed by atoms with van der Waals surface area (Å²) in [6, 6.07) is 15.2. The van der Waals surface area contributed by atoms with Crippen molar-refractivity contribution >= 4 is 35.2 Å². The third-order valence-corrected chi connectivity index (χ3v) is 6.02. The first-order valence-corrected chi connectivity index (χ1v) is 11.9. The fraction of sp³-hybridized carbons (Fsp3) is 0.417. The molecular formula is C24H31ClN2O2S. The molecule has 6 heteroatoms. The Balaban J connectivity index is 2.10. The zero-order valence-corrected chi connectivity index (χ0v) is 19.6. The van der Waals surface area contributed by atoms with Crippen LogP contribution in [0.1, 0.15) is 43.4 Å². The van der Waals surface area contributed by atoms with Gasteiger partial charge >= 0.3 is 0 Å². The van der Waals surface area contributed by atoms with Crippen LogP contribution in [-0.4, -0.2) is 35.1 Å². The number of nitrogens with zero attached hydrogens (tertiary/aromatic N) is 1. The van der Waals surface area contributed by atoms with E-state index in [1.807, 2.05) is 44.2 Å². The van der Waals surface area contributed by atoms with Crippen molar-refractivity contribution in [2.45, 2.75) is 52.0 Å². The minimum absolute atomic E-state index is 0.0268. The van der Waals surface area contributed by atoms with Gasteiger partial charge in [-0.15, -0.1) is 11.8 Å². The molecule has 1 unspecified atom stereocenters. The van der Waals surface area contributed by atoms with Gasteiger partial charge in [-0.3, -0.25) is 9.59 Å². The van der Waals surface area contributed by atoms with Crippen LogP contribution in [0.25, 0.3) is 0 Å². The number of halogens is 1. The van der Waals surface area contributed by atoms with Crippen molar-refractivity contribution in [2.24, 2.45) is 0 Å². The summed E-state index contributed by atoms with van der Waals surface area (Å²) in [6.07, 6.45) is 1.43. The molecule has 0 heterocycles. The summed E-state index contributed by atoms with van der Waals surface area (Å²) in [4.78, 5) is 27.6. The van der Waals surface area contributed by atoms with Crippen LogP contribution in [0.3, 0.4) is 0 Å². The number of rotatable bonds is 11. The summed E-state index contributed by atoms with van der Waals surface area (Å²) in [5, 5.41) is 3.59. The van der Waals surface area contributed by atoms with Gasteiger partial charge < -0.3 is 10.2 Å². The number of hydrogen-bond donors (Lipinski definition) is 1. The molecule has 0 spiro atoms. The first kappa shape index (κ1) is 24.3. The topological polar surface area (TPSA) is 49.4 Å². The smallest absolute Gasteiger partial charge is 0.242 e. The average molecular weight is 447 g/mol. The average Bonchev–Trinajstić information content (AvgIpc) is 2.73. The summed E-state index contributed by atoms with van der Waals surface area (Å²) in [7, 11) is 0. The largest absolute Gasteiger partial charge is 0.354 e. The zero-order chi connectivity index (χ0) is 21.9. The van der Waals surface area contributed by atoms with E-state index in [1.54, 1.807) is 16.7 Å². The molecule has 0 aliphatic rings. The molecule has 2 aromatic carbocycles. The second-order valence-electron chi connectivity index (χ2n) is 7.35. The van der Waals surface area contributed by atoms with Crippen LogP contribution in [0.2, 0.25) is 5.02 Å². The lowest BCUT2D eigenvalue weighted by Crippen LogP contribution is -2.49. The van der Waals surface area contributed by atoms with Crippen LogP contribution in [0.4, 0.5) is 0 Å². The minimum Gasteiger partial charge on any atom is -0.354 e. The second kappa shape index (κ2) is 12.7. The fourth-order valence-corrected chi connectivity index (χ4v) is 4.20. The molecule has 1 N–H and O–H groups in total. The minimum atomic E-state index is -0.487. The molecule has 1 atom stereocenters. The Bertz CT molecular complexity index is 826. The highest BCUT2D eigenvalue weighted by Gasteiger charge is 2.28. The van der Waals surface area contributed by atoms with Gasteiger partial charge in [0.15, 0.2) is 0 Å². The number of carbonyl (C=O) groups excluding carboxylic acids is 2. The summed E-state index contributed by atoms with van der Waals surface area (Å²) < 4.78 is 0.